The summed E-state index contributed by atoms with van der Waals surface area (Å²) in [5, 5.41) is 21.1. The normalized spacial score (nSPS) is 13.9. The van der Waals surface area contributed by atoms with E-state index in [1.807, 2.05) is 13.0 Å². The van der Waals surface area contributed by atoms with E-state index in [1.165, 1.54) is 6.20 Å². The Kier molecular flexibility index (Phi) is 4.09. The maximum atomic E-state index is 9.23. The molecule has 0 aliphatic carbocycles. The molecule has 0 aliphatic heterocycles. The molecule has 86 valence electrons. The molecule has 0 radical (unpaired) electrons. The smallest absolute Gasteiger partial charge is 0.150 e. The van der Waals surface area contributed by atoms with Gasteiger partial charge in [-0.3, -0.25) is 0 Å². The van der Waals surface area contributed by atoms with Crippen LogP contribution in [0.15, 0.2) is 12.3 Å². The number of rotatable bonds is 4. The van der Waals surface area contributed by atoms with Crippen molar-refractivity contribution >= 4 is 11.5 Å². The first-order valence-corrected chi connectivity index (χ1v) is 5.13. The van der Waals surface area contributed by atoms with E-state index in [2.05, 4.69) is 10.3 Å². The average molecular weight is 220 g/mol. The highest BCUT2D eigenvalue weighted by Gasteiger charge is 2.10. The summed E-state index contributed by atoms with van der Waals surface area (Å²) < 4.78 is 0. The number of nitrogen functional groups attached to an aromatic ring is 1. The highest BCUT2D eigenvalue weighted by atomic mass is 16.3. The first-order chi connectivity index (χ1) is 7.54. The number of hydrogen-bond donors (Lipinski definition) is 3. The van der Waals surface area contributed by atoms with Crippen LogP contribution >= 0.6 is 0 Å². The van der Waals surface area contributed by atoms with Gasteiger partial charge in [0.1, 0.15) is 6.07 Å². The van der Waals surface area contributed by atoms with Crippen LogP contribution in [0.2, 0.25) is 0 Å². The second kappa shape index (κ2) is 5.33. The van der Waals surface area contributed by atoms with Gasteiger partial charge in [0.2, 0.25) is 0 Å². The lowest BCUT2D eigenvalue weighted by Crippen LogP contribution is -2.22. The monoisotopic (exact) mass is 220 g/mol. The van der Waals surface area contributed by atoms with Crippen LogP contribution in [0, 0.1) is 11.3 Å². The molecule has 1 aromatic rings. The summed E-state index contributed by atoms with van der Waals surface area (Å²) in [5.74, 6) is 0.493. The van der Waals surface area contributed by atoms with E-state index < -0.39 is 0 Å². The number of hydrogen-bond acceptors (Lipinski definition) is 5. The minimum absolute atomic E-state index is 0.0451. The van der Waals surface area contributed by atoms with Gasteiger partial charge in [-0.25, -0.2) is 4.98 Å². The topological polar surface area (TPSA) is 95.0 Å². The molecule has 4 N–H and O–H groups in total. The molecule has 1 aromatic heterocycles. The molecule has 2 atom stereocenters. The van der Waals surface area contributed by atoms with Gasteiger partial charge in [0.05, 0.1) is 17.4 Å². The molecule has 5 heteroatoms. The van der Waals surface area contributed by atoms with Gasteiger partial charge in [0, 0.05) is 12.2 Å². The molecule has 5 nitrogen and oxygen atoms in total. The summed E-state index contributed by atoms with van der Waals surface area (Å²) in [5.41, 5.74) is 6.52. The van der Waals surface area contributed by atoms with E-state index in [0.717, 1.165) is 0 Å². The van der Waals surface area contributed by atoms with Gasteiger partial charge in [-0.2, -0.15) is 5.26 Å². The summed E-state index contributed by atoms with van der Waals surface area (Å²) in [4.78, 5) is 4.07. The zero-order valence-electron chi connectivity index (χ0n) is 9.44. The van der Waals surface area contributed by atoms with Crippen molar-refractivity contribution in [2.45, 2.75) is 32.4 Å². The first-order valence-electron chi connectivity index (χ1n) is 5.13. The fourth-order valence-electron chi connectivity index (χ4n) is 1.49. The molecule has 0 spiro atoms. The number of nitrogens with two attached hydrogens (primary N) is 1. The number of aliphatic hydroxyl groups excluding tert-OH is 1. The number of pyridine rings is 1. The molecular formula is C11H16N4O. The Bertz CT molecular complexity index is 397. The van der Waals surface area contributed by atoms with Crippen LogP contribution in [0.5, 0.6) is 0 Å². The predicted octanol–water partition coefficient (Wildman–Crippen LogP) is 1.11. The van der Waals surface area contributed by atoms with E-state index in [-0.39, 0.29) is 12.1 Å². The van der Waals surface area contributed by atoms with Crippen LogP contribution in [-0.4, -0.2) is 22.2 Å². The van der Waals surface area contributed by atoms with Gasteiger partial charge >= 0.3 is 0 Å². The van der Waals surface area contributed by atoms with Crippen molar-refractivity contribution in [2.75, 3.05) is 11.1 Å². The first kappa shape index (κ1) is 12.3. The van der Waals surface area contributed by atoms with E-state index in [9.17, 15) is 5.11 Å². The van der Waals surface area contributed by atoms with Crippen LogP contribution in [0.25, 0.3) is 0 Å². The Morgan fingerprint density at radius 3 is 2.88 bits per heavy atom. The molecular weight excluding hydrogens is 204 g/mol. The van der Waals surface area contributed by atoms with Crippen molar-refractivity contribution in [1.82, 2.24) is 4.98 Å². The zero-order valence-corrected chi connectivity index (χ0v) is 9.44. The summed E-state index contributed by atoms with van der Waals surface area (Å²) in [6.45, 7) is 3.65. The standard InChI is InChI=1S/C11H16N4O/c1-7(5-8(2)16)15-11-10(13)9(6-12)3-4-14-11/h3-4,7-8,16H,5,13H2,1-2H3,(H,14,15). The molecule has 1 rings (SSSR count). The molecule has 2 unspecified atom stereocenters. The number of aliphatic hydroxyl groups is 1. The quantitative estimate of drug-likeness (QED) is 0.706. The van der Waals surface area contributed by atoms with E-state index >= 15 is 0 Å². The minimum Gasteiger partial charge on any atom is -0.395 e. The Morgan fingerprint density at radius 1 is 1.62 bits per heavy atom. The SMILES string of the molecule is CC(O)CC(C)Nc1nccc(C#N)c1N. The van der Waals surface area contributed by atoms with Gasteiger partial charge in [-0.05, 0) is 26.3 Å². The molecule has 0 aromatic carbocycles. The Labute approximate surface area is 94.9 Å². The van der Waals surface area contributed by atoms with Crippen LogP contribution in [0.4, 0.5) is 11.5 Å². The second-order valence-corrected chi connectivity index (χ2v) is 3.86. The number of nitriles is 1. The van der Waals surface area contributed by atoms with Crippen molar-refractivity contribution in [3.63, 3.8) is 0 Å². The number of aromatic nitrogens is 1. The van der Waals surface area contributed by atoms with Crippen LogP contribution in [-0.2, 0) is 0 Å². The third-order valence-electron chi connectivity index (χ3n) is 2.19. The van der Waals surface area contributed by atoms with Crippen LogP contribution < -0.4 is 11.1 Å². The van der Waals surface area contributed by atoms with Crippen molar-refractivity contribution in [3.8, 4) is 6.07 Å². The molecule has 0 saturated carbocycles. The zero-order chi connectivity index (χ0) is 12.1. The lowest BCUT2D eigenvalue weighted by atomic mass is 10.1. The van der Waals surface area contributed by atoms with Gasteiger partial charge in [-0.1, -0.05) is 0 Å². The lowest BCUT2D eigenvalue weighted by molar-refractivity contribution is 0.179. The highest BCUT2D eigenvalue weighted by molar-refractivity contribution is 5.69. The second-order valence-electron chi connectivity index (χ2n) is 3.86. The maximum Gasteiger partial charge on any atom is 0.150 e. The average Bonchev–Trinajstić information content (AvgIpc) is 2.20. The fourth-order valence-corrected chi connectivity index (χ4v) is 1.49. The largest absolute Gasteiger partial charge is 0.395 e. The molecule has 0 aliphatic rings. The van der Waals surface area contributed by atoms with E-state index in [1.54, 1.807) is 13.0 Å². The van der Waals surface area contributed by atoms with Crippen molar-refractivity contribution in [3.05, 3.63) is 17.8 Å². The summed E-state index contributed by atoms with van der Waals surface area (Å²) in [6, 6.07) is 3.61. The summed E-state index contributed by atoms with van der Waals surface area (Å²) in [7, 11) is 0. The maximum absolute atomic E-state index is 9.23. The van der Waals surface area contributed by atoms with Crippen molar-refractivity contribution in [2.24, 2.45) is 0 Å². The fraction of sp³-hybridized carbons (Fsp3) is 0.455. The highest BCUT2D eigenvalue weighted by Crippen LogP contribution is 2.20. The molecule has 0 bridgehead atoms. The molecule has 0 amide bonds. The lowest BCUT2D eigenvalue weighted by Gasteiger charge is -2.17. The van der Waals surface area contributed by atoms with Crippen LogP contribution in [0.3, 0.4) is 0 Å². The van der Waals surface area contributed by atoms with E-state index in [0.29, 0.717) is 23.5 Å². The van der Waals surface area contributed by atoms with Crippen molar-refractivity contribution in [1.29, 1.82) is 5.26 Å². The number of nitrogens with zero attached hydrogens (tertiary/aromatic N) is 2. The number of nitrogens with one attached hydrogen (secondary N) is 1. The minimum atomic E-state index is -0.386. The molecule has 16 heavy (non-hydrogen) atoms. The Balaban J connectivity index is 2.78. The third-order valence-corrected chi connectivity index (χ3v) is 2.19. The summed E-state index contributed by atoms with van der Waals surface area (Å²) in [6.07, 6.45) is 1.74. The van der Waals surface area contributed by atoms with E-state index in [4.69, 9.17) is 11.0 Å². The predicted molar refractivity (Wildman–Crippen MR) is 62.7 cm³/mol. The summed E-state index contributed by atoms with van der Waals surface area (Å²) >= 11 is 0. The van der Waals surface area contributed by atoms with Crippen molar-refractivity contribution < 1.29 is 5.11 Å². The Morgan fingerprint density at radius 2 is 2.31 bits per heavy atom. The molecule has 1 heterocycles. The van der Waals surface area contributed by atoms with Crippen LogP contribution in [0.1, 0.15) is 25.8 Å². The van der Waals surface area contributed by atoms with Gasteiger partial charge in [0.15, 0.2) is 5.82 Å². The van der Waals surface area contributed by atoms with Gasteiger partial charge in [0.25, 0.3) is 0 Å². The third kappa shape index (κ3) is 3.11. The van der Waals surface area contributed by atoms with Gasteiger partial charge < -0.3 is 16.2 Å². The Hall–Kier alpha value is -1.80. The number of anilines is 2. The molecule has 0 saturated heterocycles. The molecule has 0 fully saturated rings. The van der Waals surface area contributed by atoms with Gasteiger partial charge in [-0.15, -0.1) is 0 Å².